The first-order valence-electron chi connectivity index (χ1n) is 6.49. The van der Waals surface area contributed by atoms with Crippen molar-refractivity contribution in [1.29, 1.82) is 0 Å². The normalized spacial score (nSPS) is 10.8. The second-order valence-electron chi connectivity index (χ2n) is 4.94. The molecule has 1 aromatic heterocycles. The number of nitrogens with two attached hydrogens (primary N) is 1. The summed E-state index contributed by atoms with van der Waals surface area (Å²) < 4.78 is 0. The molecule has 0 fully saturated rings. The van der Waals surface area contributed by atoms with Crippen LogP contribution in [0.1, 0.15) is 15.9 Å². The molecule has 1 amide bonds. The van der Waals surface area contributed by atoms with Crippen molar-refractivity contribution in [3.05, 3.63) is 58.7 Å². The Hall–Kier alpha value is -2.46. The summed E-state index contributed by atoms with van der Waals surface area (Å²) in [7, 11) is 0. The number of benzene rings is 2. The van der Waals surface area contributed by atoms with Gasteiger partial charge < -0.3 is 16.0 Å². The lowest BCUT2D eigenvalue weighted by Crippen LogP contribution is -2.11. The number of nitrogens with one attached hydrogen (secondary N) is 2. The third-order valence-corrected chi connectivity index (χ3v) is 3.65. The Morgan fingerprint density at radius 1 is 1.24 bits per heavy atom. The van der Waals surface area contributed by atoms with Gasteiger partial charge in [-0.1, -0.05) is 17.7 Å². The van der Waals surface area contributed by atoms with Crippen LogP contribution in [0.2, 0.25) is 5.02 Å². The summed E-state index contributed by atoms with van der Waals surface area (Å²) in [6.45, 7) is 1.94. The second-order valence-corrected chi connectivity index (χ2v) is 5.35. The quantitative estimate of drug-likeness (QED) is 0.627. The van der Waals surface area contributed by atoms with Crippen LogP contribution in [0, 0.1) is 6.92 Å². The van der Waals surface area contributed by atoms with Gasteiger partial charge >= 0.3 is 0 Å². The fraction of sp³-hybridized carbons (Fsp3) is 0.0625. The van der Waals surface area contributed by atoms with Crippen molar-refractivity contribution in [3.8, 4) is 0 Å². The van der Waals surface area contributed by atoms with Crippen LogP contribution in [0.15, 0.2) is 42.6 Å². The van der Waals surface area contributed by atoms with Crippen molar-refractivity contribution in [2.45, 2.75) is 6.92 Å². The minimum Gasteiger partial charge on any atom is -0.399 e. The van der Waals surface area contributed by atoms with E-state index in [0.717, 1.165) is 16.5 Å². The molecular weight excluding hydrogens is 286 g/mol. The fourth-order valence-corrected chi connectivity index (χ4v) is 2.42. The van der Waals surface area contributed by atoms with E-state index in [-0.39, 0.29) is 5.91 Å². The van der Waals surface area contributed by atoms with Crippen molar-refractivity contribution in [2.24, 2.45) is 0 Å². The van der Waals surface area contributed by atoms with E-state index in [9.17, 15) is 4.79 Å². The van der Waals surface area contributed by atoms with Gasteiger partial charge in [-0.3, -0.25) is 4.79 Å². The van der Waals surface area contributed by atoms with Gasteiger partial charge in [0.1, 0.15) is 0 Å². The molecule has 0 saturated heterocycles. The average Bonchev–Trinajstić information content (AvgIpc) is 2.85. The number of H-pyrrole nitrogens is 1. The Balaban J connectivity index is 1.95. The highest BCUT2D eigenvalue weighted by Crippen LogP contribution is 2.25. The van der Waals surface area contributed by atoms with Crippen molar-refractivity contribution in [3.63, 3.8) is 0 Å². The number of carbonyl (C=O) groups is 1. The molecule has 21 heavy (non-hydrogen) atoms. The molecule has 0 radical (unpaired) electrons. The maximum atomic E-state index is 12.4. The number of carbonyl (C=O) groups excluding carboxylic acids is 1. The molecule has 0 aliphatic heterocycles. The van der Waals surface area contributed by atoms with Gasteiger partial charge in [0, 0.05) is 22.8 Å². The number of aromatic amines is 1. The molecule has 3 aromatic rings. The Labute approximate surface area is 126 Å². The van der Waals surface area contributed by atoms with Crippen LogP contribution in [0.3, 0.4) is 0 Å². The van der Waals surface area contributed by atoms with E-state index in [1.165, 1.54) is 0 Å². The standard InChI is InChI=1S/C16H14ClN3O/c1-9-2-5-13(17)15(6-9)20-16(21)12-8-19-14-7-10(18)3-4-11(12)14/h2-8,19H,18H2,1H3,(H,20,21). The molecule has 4 N–H and O–H groups in total. The lowest BCUT2D eigenvalue weighted by molar-refractivity contribution is 0.102. The number of amides is 1. The van der Waals surface area contributed by atoms with Crippen LogP contribution in [0.25, 0.3) is 10.9 Å². The molecule has 0 aliphatic carbocycles. The number of hydrogen-bond acceptors (Lipinski definition) is 2. The minimum absolute atomic E-state index is 0.210. The first kappa shape index (κ1) is 13.5. The van der Waals surface area contributed by atoms with Crippen LogP contribution >= 0.6 is 11.6 Å². The lowest BCUT2D eigenvalue weighted by atomic mass is 10.1. The van der Waals surface area contributed by atoms with Gasteiger partial charge in [0.05, 0.1) is 16.3 Å². The maximum Gasteiger partial charge on any atom is 0.257 e. The molecule has 0 bridgehead atoms. The van der Waals surface area contributed by atoms with Gasteiger partial charge in [0.2, 0.25) is 0 Å². The summed E-state index contributed by atoms with van der Waals surface area (Å²) in [5, 5.41) is 4.17. The van der Waals surface area contributed by atoms with Gasteiger partial charge in [0.25, 0.3) is 5.91 Å². The number of fused-ring (bicyclic) bond motifs is 1. The number of rotatable bonds is 2. The van der Waals surface area contributed by atoms with Gasteiger partial charge in [-0.05, 0) is 42.8 Å². The van der Waals surface area contributed by atoms with E-state index < -0.39 is 0 Å². The lowest BCUT2D eigenvalue weighted by Gasteiger charge is -2.07. The second kappa shape index (κ2) is 5.14. The molecule has 2 aromatic carbocycles. The Kier molecular flexibility index (Phi) is 3.31. The molecule has 4 nitrogen and oxygen atoms in total. The van der Waals surface area contributed by atoms with Crippen LogP contribution < -0.4 is 11.1 Å². The number of aryl methyl sites for hydroxylation is 1. The van der Waals surface area contributed by atoms with Crippen LogP contribution in [0.4, 0.5) is 11.4 Å². The largest absolute Gasteiger partial charge is 0.399 e. The predicted octanol–water partition coefficient (Wildman–Crippen LogP) is 3.96. The first-order valence-corrected chi connectivity index (χ1v) is 6.86. The van der Waals surface area contributed by atoms with Gasteiger partial charge in [-0.2, -0.15) is 0 Å². The SMILES string of the molecule is Cc1ccc(Cl)c(NC(=O)c2c[nH]c3cc(N)ccc23)c1. The van der Waals surface area contributed by atoms with E-state index in [0.29, 0.717) is 22.0 Å². The highest BCUT2D eigenvalue weighted by Gasteiger charge is 2.13. The smallest absolute Gasteiger partial charge is 0.257 e. The monoisotopic (exact) mass is 299 g/mol. The third kappa shape index (κ3) is 2.58. The van der Waals surface area contributed by atoms with Gasteiger partial charge in [-0.15, -0.1) is 0 Å². The fourth-order valence-electron chi connectivity index (χ4n) is 2.26. The molecule has 0 aliphatic rings. The van der Waals surface area contributed by atoms with E-state index in [1.807, 2.05) is 25.1 Å². The highest BCUT2D eigenvalue weighted by atomic mass is 35.5. The zero-order chi connectivity index (χ0) is 15.0. The topological polar surface area (TPSA) is 70.9 Å². The van der Waals surface area contributed by atoms with E-state index in [2.05, 4.69) is 10.3 Å². The van der Waals surface area contributed by atoms with Gasteiger partial charge in [-0.25, -0.2) is 0 Å². The number of aromatic nitrogens is 1. The van der Waals surface area contributed by atoms with Crippen molar-refractivity contribution in [2.75, 3.05) is 11.1 Å². The zero-order valence-corrected chi connectivity index (χ0v) is 12.2. The van der Waals surface area contributed by atoms with E-state index in [4.69, 9.17) is 17.3 Å². The summed E-state index contributed by atoms with van der Waals surface area (Å²) in [6.07, 6.45) is 1.67. The number of hydrogen-bond donors (Lipinski definition) is 3. The van der Waals surface area contributed by atoms with Crippen LogP contribution in [-0.2, 0) is 0 Å². The summed E-state index contributed by atoms with van der Waals surface area (Å²) in [5.41, 5.74) is 9.40. The molecular formula is C16H14ClN3O. The summed E-state index contributed by atoms with van der Waals surface area (Å²) in [6, 6.07) is 10.9. The number of anilines is 2. The van der Waals surface area contributed by atoms with Gasteiger partial charge in [0.15, 0.2) is 0 Å². The Morgan fingerprint density at radius 2 is 2.05 bits per heavy atom. The average molecular weight is 300 g/mol. The van der Waals surface area contributed by atoms with Crippen molar-refractivity contribution in [1.82, 2.24) is 4.98 Å². The van der Waals surface area contributed by atoms with Crippen molar-refractivity contribution < 1.29 is 4.79 Å². The minimum atomic E-state index is -0.210. The molecule has 0 saturated carbocycles. The maximum absolute atomic E-state index is 12.4. The first-order chi connectivity index (χ1) is 10.0. The molecule has 3 rings (SSSR count). The molecule has 1 heterocycles. The highest BCUT2D eigenvalue weighted by molar-refractivity contribution is 6.34. The molecule has 0 spiro atoms. The van der Waals surface area contributed by atoms with Crippen LogP contribution in [0.5, 0.6) is 0 Å². The number of halogens is 1. The molecule has 0 unspecified atom stereocenters. The molecule has 5 heteroatoms. The summed E-state index contributed by atoms with van der Waals surface area (Å²) in [4.78, 5) is 15.5. The van der Waals surface area contributed by atoms with Crippen molar-refractivity contribution >= 4 is 39.8 Å². The third-order valence-electron chi connectivity index (χ3n) is 3.32. The summed E-state index contributed by atoms with van der Waals surface area (Å²) in [5.74, 6) is -0.210. The molecule has 106 valence electrons. The Morgan fingerprint density at radius 3 is 2.86 bits per heavy atom. The molecule has 0 atom stereocenters. The predicted molar refractivity (Wildman–Crippen MR) is 86.9 cm³/mol. The zero-order valence-electron chi connectivity index (χ0n) is 11.4. The summed E-state index contributed by atoms with van der Waals surface area (Å²) >= 11 is 6.10. The van der Waals surface area contributed by atoms with E-state index >= 15 is 0 Å². The Bertz CT molecular complexity index is 839. The van der Waals surface area contributed by atoms with E-state index in [1.54, 1.807) is 24.4 Å². The van der Waals surface area contributed by atoms with Crippen LogP contribution in [-0.4, -0.2) is 10.9 Å². The number of nitrogen functional groups attached to an aromatic ring is 1.